The van der Waals surface area contributed by atoms with Crippen LogP contribution in [0.4, 0.5) is 4.39 Å². The number of amides is 1. The summed E-state index contributed by atoms with van der Waals surface area (Å²) in [6.45, 7) is 2.52. The van der Waals surface area contributed by atoms with E-state index >= 15 is 0 Å². The second-order valence-electron chi connectivity index (χ2n) is 5.10. The molecule has 0 radical (unpaired) electrons. The third-order valence-electron chi connectivity index (χ3n) is 3.29. The molecule has 1 N–H and O–H groups in total. The van der Waals surface area contributed by atoms with E-state index in [2.05, 4.69) is 36.5 Å². The summed E-state index contributed by atoms with van der Waals surface area (Å²) in [6.07, 6.45) is 0.985. The molecule has 0 saturated carbocycles. The molecule has 1 amide bonds. The molecule has 0 heterocycles. The first kappa shape index (κ1) is 16.6. The molecular formula is C18H20FNOS. The molecule has 2 aromatic rings. The summed E-state index contributed by atoms with van der Waals surface area (Å²) in [5.41, 5.74) is 1.87. The van der Waals surface area contributed by atoms with Crippen LogP contribution >= 0.6 is 11.8 Å². The first-order chi connectivity index (χ1) is 10.6. The Morgan fingerprint density at radius 2 is 1.86 bits per heavy atom. The molecule has 0 bridgehead atoms. The van der Waals surface area contributed by atoms with E-state index in [1.807, 2.05) is 0 Å². The first-order valence-electron chi connectivity index (χ1n) is 7.35. The lowest BCUT2D eigenvalue weighted by atomic mass is 10.1. The number of nitrogens with one attached hydrogen (secondary N) is 1. The molecule has 0 saturated heterocycles. The molecule has 0 fully saturated rings. The molecule has 22 heavy (non-hydrogen) atoms. The van der Waals surface area contributed by atoms with E-state index in [0.29, 0.717) is 24.9 Å². The molecule has 116 valence electrons. The summed E-state index contributed by atoms with van der Waals surface area (Å²) in [6, 6.07) is 14.9. The van der Waals surface area contributed by atoms with Crippen LogP contribution in [0.5, 0.6) is 0 Å². The van der Waals surface area contributed by atoms with Gasteiger partial charge in [0.1, 0.15) is 5.82 Å². The second-order valence-corrected chi connectivity index (χ2v) is 6.27. The molecule has 2 nitrogen and oxygen atoms in total. The molecule has 0 unspecified atom stereocenters. The van der Waals surface area contributed by atoms with Crippen LogP contribution in [0.25, 0.3) is 0 Å². The maximum atomic E-state index is 13.4. The van der Waals surface area contributed by atoms with Crippen LogP contribution in [-0.4, -0.2) is 18.2 Å². The Morgan fingerprint density at radius 3 is 2.59 bits per heavy atom. The molecular weight excluding hydrogens is 297 g/mol. The average molecular weight is 317 g/mol. The molecule has 2 aromatic carbocycles. The zero-order valence-electron chi connectivity index (χ0n) is 12.6. The molecule has 4 heteroatoms. The van der Waals surface area contributed by atoms with Gasteiger partial charge in [-0.3, -0.25) is 4.79 Å². The SMILES string of the molecule is Cc1ccc(SCCC(=O)NCCc2ccccc2F)cc1. The predicted octanol–water partition coefficient (Wildman–Crippen LogP) is 3.98. The summed E-state index contributed by atoms with van der Waals surface area (Å²) in [5, 5.41) is 2.83. The lowest BCUT2D eigenvalue weighted by Crippen LogP contribution is -2.26. The molecule has 0 aromatic heterocycles. The van der Waals surface area contributed by atoms with Gasteiger partial charge in [0.15, 0.2) is 0 Å². The van der Waals surface area contributed by atoms with Gasteiger partial charge in [-0.1, -0.05) is 35.9 Å². The number of rotatable bonds is 7. The second kappa shape index (κ2) is 8.59. The predicted molar refractivity (Wildman–Crippen MR) is 89.6 cm³/mol. The van der Waals surface area contributed by atoms with Crippen LogP contribution < -0.4 is 5.32 Å². The van der Waals surface area contributed by atoms with E-state index in [4.69, 9.17) is 0 Å². The first-order valence-corrected chi connectivity index (χ1v) is 8.33. The van der Waals surface area contributed by atoms with Crippen molar-refractivity contribution < 1.29 is 9.18 Å². The summed E-state index contributed by atoms with van der Waals surface area (Å²) in [4.78, 5) is 12.9. The average Bonchev–Trinajstić information content (AvgIpc) is 2.51. The van der Waals surface area contributed by atoms with Gasteiger partial charge in [-0.15, -0.1) is 11.8 Å². The largest absolute Gasteiger partial charge is 0.356 e. The van der Waals surface area contributed by atoms with Crippen molar-refractivity contribution in [2.45, 2.75) is 24.7 Å². The number of carbonyl (C=O) groups is 1. The van der Waals surface area contributed by atoms with Crippen molar-refractivity contribution in [2.75, 3.05) is 12.3 Å². The van der Waals surface area contributed by atoms with Gasteiger partial charge in [-0.25, -0.2) is 4.39 Å². The Morgan fingerprint density at radius 1 is 1.14 bits per heavy atom. The van der Waals surface area contributed by atoms with Crippen LogP contribution in [0.2, 0.25) is 0 Å². The zero-order valence-corrected chi connectivity index (χ0v) is 13.5. The monoisotopic (exact) mass is 317 g/mol. The number of hydrogen-bond donors (Lipinski definition) is 1. The van der Waals surface area contributed by atoms with Gasteiger partial charge < -0.3 is 5.32 Å². The van der Waals surface area contributed by atoms with Crippen LogP contribution in [0.3, 0.4) is 0 Å². The van der Waals surface area contributed by atoms with Gasteiger partial charge in [0.2, 0.25) is 5.91 Å². The minimum atomic E-state index is -0.216. The third kappa shape index (κ3) is 5.53. The van der Waals surface area contributed by atoms with Crippen molar-refractivity contribution in [3.05, 3.63) is 65.5 Å². The Balaban J connectivity index is 1.64. The smallest absolute Gasteiger partial charge is 0.220 e. The van der Waals surface area contributed by atoms with Crippen LogP contribution in [0.1, 0.15) is 17.5 Å². The Kier molecular flexibility index (Phi) is 6.46. The highest BCUT2D eigenvalue weighted by molar-refractivity contribution is 7.99. The summed E-state index contributed by atoms with van der Waals surface area (Å²) in [7, 11) is 0. The van der Waals surface area contributed by atoms with Crippen molar-refractivity contribution in [3.63, 3.8) is 0 Å². The number of hydrogen-bond acceptors (Lipinski definition) is 2. The van der Waals surface area contributed by atoms with Gasteiger partial charge in [0.05, 0.1) is 0 Å². The number of thioether (sulfide) groups is 1. The number of halogens is 1. The van der Waals surface area contributed by atoms with Crippen LogP contribution in [0, 0.1) is 12.7 Å². The standard InChI is InChI=1S/C18H20FNOS/c1-14-6-8-16(9-7-14)22-13-11-18(21)20-12-10-15-4-2-3-5-17(15)19/h2-9H,10-13H2,1H3,(H,20,21). The van der Waals surface area contributed by atoms with Gasteiger partial charge in [-0.2, -0.15) is 0 Å². The van der Waals surface area contributed by atoms with E-state index in [1.165, 1.54) is 16.5 Å². The fourth-order valence-electron chi connectivity index (χ4n) is 2.02. The van der Waals surface area contributed by atoms with Crippen molar-refractivity contribution in [3.8, 4) is 0 Å². The molecule has 0 spiro atoms. The van der Waals surface area contributed by atoms with E-state index < -0.39 is 0 Å². The van der Waals surface area contributed by atoms with Crippen molar-refractivity contribution >= 4 is 17.7 Å². The van der Waals surface area contributed by atoms with Gasteiger partial charge in [-0.05, 0) is 37.1 Å². The van der Waals surface area contributed by atoms with Crippen molar-refractivity contribution in [1.82, 2.24) is 5.32 Å². The summed E-state index contributed by atoms with van der Waals surface area (Å²) in [5.74, 6) is 0.539. The Labute approximate surface area is 135 Å². The fraction of sp³-hybridized carbons (Fsp3) is 0.278. The highest BCUT2D eigenvalue weighted by atomic mass is 32.2. The Hall–Kier alpha value is -1.81. The zero-order chi connectivity index (χ0) is 15.8. The van der Waals surface area contributed by atoms with Crippen molar-refractivity contribution in [2.24, 2.45) is 0 Å². The van der Waals surface area contributed by atoms with Crippen LogP contribution in [-0.2, 0) is 11.2 Å². The summed E-state index contributed by atoms with van der Waals surface area (Å²) < 4.78 is 13.4. The van der Waals surface area contributed by atoms with Gasteiger partial charge in [0.25, 0.3) is 0 Å². The lowest BCUT2D eigenvalue weighted by Gasteiger charge is -2.06. The van der Waals surface area contributed by atoms with Gasteiger partial charge in [0, 0.05) is 23.6 Å². The van der Waals surface area contributed by atoms with E-state index in [9.17, 15) is 9.18 Å². The van der Waals surface area contributed by atoms with Crippen LogP contribution in [0.15, 0.2) is 53.4 Å². The minimum Gasteiger partial charge on any atom is -0.356 e. The molecule has 0 atom stereocenters. The molecule has 2 rings (SSSR count). The fourth-order valence-corrected chi connectivity index (χ4v) is 2.87. The Bertz CT molecular complexity index is 613. The molecule has 0 aliphatic heterocycles. The minimum absolute atomic E-state index is 0.0101. The normalized spacial score (nSPS) is 10.5. The summed E-state index contributed by atoms with van der Waals surface area (Å²) >= 11 is 1.67. The maximum Gasteiger partial charge on any atom is 0.220 e. The molecule has 0 aliphatic rings. The van der Waals surface area contributed by atoms with E-state index in [1.54, 1.807) is 30.0 Å². The quantitative estimate of drug-likeness (QED) is 0.783. The number of benzene rings is 2. The highest BCUT2D eigenvalue weighted by Crippen LogP contribution is 2.18. The highest BCUT2D eigenvalue weighted by Gasteiger charge is 2.04. The van der Waals surface area contributed by atoms with Gasteiger partial charge >= 0.3 is 0 Å². The number of carbonyl (C=O) groups excluding carboxylic acids is 1. The van der Waals surface area contributed by atoms with E-state index in [0.717, 1.165) is 5.75 Å². The number of aryl methyl sites for hydroxylation is 1. The maximum absolute atomic E-state index is 13.4. The third-order valence-corrected chi connectivity index (χ3v) is 4.31. The van der Waals surface area contributed by atoms with Crippen molar-refractivity contribution in [1.29, 1.82) is 0 Å². The topological polar surface area (TPSA) is 29.1 Å². The molecule has 0 aliphatic carbocycles. The lowest BCUT2D eigenvalue weighted by molar-refractivity contribution is -0.120. The van der Waals surface area contributed by atoms with E-state index in [-0.39, 0.29) is 11.7 Å².